The summed E-state index contributed by atoms with van der Waals surface area (Å²) in [6.45, 7) is 10.6. The van der Waals surface area contributed by atoms with Crippen molar-refractivity contribution in [1.82, 2.24) is 19.9 Å². The van der Waals surface area contributed by atoms with Gasteiger partial charge in [-0.15, -0.1) is 0 Å². The van der Waals surface area contributed by atoms with Gasteiger partial charge in [0, 0.05) is 63.2 Å². The second-order valence-electron chi connectivity index (χ2n) is 10.0. The van der Waals surface area contributed by atoms with E-state index in [0.717, 1.165) is 73.7 Å². The molecule has 2 aliphatic rings. The number of piperidine rings is 1. The van der Waals surface area contributed by atoms with Gasteiger partial charge in [0.1, 0.15) is 17.5 Å². The molecule has 1 N–H and O–H groups in total. The van der Waals surface area contributed by atoms with E-state index in [2.05, 4.69) is 46.9 Å². The zero-order valence-corrected chi connectivity index (χ0v) is 22.6. The van der Waals surface area contributed by atoms with Gasteiger partial charge in [-0.1, -0.05) is 20.8 Å². The molecule has 0 radical (unpaired) electrons. The number of aromatic nitrogens is 4. The molecule has 2 fully saturated rings. The molecule has 0 spiro atoms. The van der Waals surface area contributed by atoms with E-state index in [1.165, 1.54) is 22.5 Å². The fraction of sp³-hybridized carbons (Fsp3) is 0.556. The molecule has 36 heavy (non-hydrogen) atoms. The van der Waals surface area contributed by atoms with Gasteiger partial charge in [0.15, 0.2) is 0 Å². The third kappa shape index (κ3) is 5.37. The first-order chi connectivity index (χ1) is 17.6. The number of ether oxygens (including phenoxy) is 1. The molecule has 0 amide bonds. The number of pyridine rings is 2. The molecule has 9 heteroatoms. The topological polar surface area (TPSA) is 79.3 Å². The van der Waals surface area contributed by atoms with Crippen molar-refractivity contribution < 1.29 is 4.74 Å². The summed E-state index contributed by atoms with van der Waals surface area (Å²) in [5.41, 5.74) is 1.24. The summed E-state index contributed by atoms with van der Waals surface area (Å²) >= 11 is 2.03. The molecular weight excluding hydrogens is 470 g/mol. The number of methoxy groups -OCH3 is 1. The minimum atomic E-state index is 0.330. The summed E-state index contributed by atoms with van der Waals surface area (Å²) in [6.07, 6.45) is 8.15. The molecule has 2 saturated heterocycles. The third-order valence-corrected chi connectivity index (χ3v) is 8.29. The molecule has 0 unspecified atom stereocenters. The van der Waals surface area contributed by atoms with E-state index in [1.807, 2.05) is 36.4 Å². The van der Waals surface area contributed by atoms with Crippen LogP contribution in [0.5, 0.6) is 0 Å². The molecule has 8 nitrogen and oxygen atoms in total. The van der Waals surface area contributed by atoms with E-state index >= 15 is 0 Å². The maximum Gasteiger partial charge on any atom is 0.227 e. The van der Waals surface area contributed by atoms with Gasteiger partial charge in [0.25, 0.3) is 0 Å². The van der Waals surface area contributed by atoms with E-state index in [9.17, 15) is 0 Å². The van der Waals surface area contributed by atoms with E-state index < -0.39 is 0 Å². The van der Waals surface area contributed by atoms with E-state index in [4.69, 9.17) is 19.7 Å². The normalized spacial score (nSPS) is 17.1. The molecule has 0 aromatic carbocycles. The van der Waals surface area contributed by atoms with Gasteiger partial charge in [0.2, 0.25) is 5.95 Å². The Labute approximate surface area is 218 Å². The largest absolute Gasteiger partial charge is 0.381 e. The number of rotatable bonds is 9. The fourth-order valence-corrected chi connectivity index (χ4v) is 5.83. The van der Waals surface area contributed by atoms with Crippen molar-refractivity contribution in [2.24, 2.45) is 5.92 Å². The van der Waals surface area contributed by atoms with Crippen LogP contribution in [0.15, 0.2) is 30.7 Å². The zero-order valence-electron chi connectivity index (χ0n) is 21.8. The molecule has 192 valence electrons. The molecule has 3 aromatic rings. The highest BCUT2D eigenvalue weighted by Crippen LogP contribution is 2.35. The first-order valence-electron chi connectivity index (χ1n) is 13.0. The lowest BCUT2D eigenvalue weighted by Gasteiger charge is -2.40. The van der Waals surface area contributed by atoms with Crippen LogP contribution in [0.25, 0.3) is 10.8 Å². The first kappa shape index (κ1) is 25.0. The van der Waals surface area contributed by atoms with Gasteiger partial charge >= 0.3 is 0 Å². The summed E-state index contributed by atoms with van der Waals surface area (Å²) in [5, 5.41) is 5.74. The van der Waals surface area contributed by atoms with Crippen molar-refractivity contribution in [3.05, 3.63) is 36.3 Å². The first-order valence-corrected chi connectivity index (χ1v) is 14.2. The molecular formula is C27H37N7OS. The predicted molar refractivity (Wildman–Crippen MR) is 150 cm³/mol. The quantitative estimate of drug-likeness (QED) is 0.426. The molecule has 3 aromatic heterocycles. The lowest BCUT2D eigenvalue weighted by atomic mass is 9.97. The molecule has 2 aliphatic heterocycles. The van der Waals surface area contributed by atoms with E-state index in [1.54, 1.807) is 7.11 Å². The van der Waals surface area contributed by atoms with Gasteiger partial charge in [-0.3, -0.25) is 0 Å². The Bertz CT molecular complexity index is 1180. The van der Waals surface area contributed by atoms with Crippen molar-refractivity contribution in [3.63, 3.8) is 0 Å². The maximum absolute atomic E-state index is 5.50. The standard InChI is InChI=1S/C27H37N7OS/c1-5-36-17-19-15-34(16-19)26-23-14-29-25(12-21(23)22(13-30-26)18(2)3)31-24-6-9-28-27(32-24)33-10-7-20(35-4)8-11-33/h6,9,12-14,18-20H,5,7-8,10-11,15-17H2,1-4H3,(H,28,29,31,32). The second-order valence-corrected chi connectivity index (χ2v) is 11.3. The predicted octanol–water partition coefficient (Wildman–Crippen LogP) is 5.09. The highest BCUT2D eigenvalue weighted by atomic mass is 32.2. The van der Waals surface area contributed by atoms with Crippen molar-refractivity contribution in [3.8, 4) is 0 Å². The van der Waals surface area contributed by atoms with Crippen LogP contribution in [-0.2, 0) is 4.74 Å². The highest BCUT2D eigenvalue weighted by molar-refractivity contribution is 7.99. The Balaban J connectivity index is 1.36. The smallest absolute Gasteiger partial charge is 0.227 e. The minimum Gasteiger partial charge on any atom is -0.381 e. The van der Waals surface area contributed by atoms with Crippen LogP contribution >= 0.6 is 11.8 Å². The molecule has 5 heterocycles. The van der Waals surface area contributed by atoms with E-state index in [0.29, 0.717) is 12.0 Å². The lowest BCUT2D eigenvalue weighted by Crippen LogP contribution is -2.48. The van der Waals surface area contributed by atoms with Gasteiger partial charge < -0.3 is 19.9 Å². The van der Waals surface area contributed by atoms with Gasteiger partial charge in [-0.25, -0.2) is 15.0 Å². The molecule has 0 aliphatic carbocycles. The fourth-order valence-electron chi connectivity index (χ4n) is 5.05. The lowest BCUT2D eigenvalue weighted by molar-refractivity contribution is 0.0816. The Hall–Kier alpha value is -2.65. The number of fused-ring (bicyclic) bond motifs is 1. The van der Waals surface area contributed by atoms with Crippen LogP contribution < -0.4 is 15.1 Å². The van der Waals surface area contributed by atoms with E-state index in [-0.39, 0.29) is 0 Å². The van der Waals surface area contributed by atoms with Gasteiger partial charge in [-0.05, 0) is 53.3 Å². The summed E-state index contributed by atoms with van der Waals surface area (Å²) in [4.78, 5) is 23.6. The number of nitrogens with one attached hydrogen (secondary N) is 1. The number of hydrogen-bond acceptors (Lipinski definition) is 9. The zero-order chi connectivity index (χ0) is 25.1. The number of thioether (sulfide) groups is 1. The third-order valence-electron chi connectivity index (χ3n) is 7.18. The van der Waals surface area contributed by atoms with Crippen LogP contribution in [0.3, 0.4) is 0 Å². The number of anilines is 4. The SMILES string of the molecule is CCSCC1CN(c2ncc(C(C)C)c3cc(Nc4ccnc(N5CCC(OC)CC5)n4)ncc23)C1. The van der Waals surface area contributed by atoms with Crippen LogP contribution in [-0.4, -0.2) is 70.8 Å². The van der Waals surface area contributed by atoms with Crippen molar-refractivity contribution in [2.45, 2.75) is 45.6 Å². The summed E-state index contributed by atoms with van der Waals surface area (Å²) in [6, 6.07) is 4.04. The Morgan fingerprint density at radius 1 is 1.06 bits per heavy atom. The Morgan fingerprint density at radius 2 is 1.86 bits per heavy atom. The summed E-state index contributed by atoms with van der Waals surface area (Å²) in [7, 11) is 1.79. The average Bonchev–Trinajstić information content (AvgIpc) is 2.87. The van der Waals surface area contributed by atoms with Crippen molar-refractivity contribution in [2.75, 3.05) is 59.9 Å². The monoisotopic (exact) mass is 507 g/mol. The minimum absolute atomic E-state index is 0.330. The Morgan fingerprint density at radius 3 is 2.58 bits per heavy atom. The number of hydrogen-bond donors (Lipinski definition) is 1. The molecule has 5 rings (SSSR count). The summed E-state index contributed by atoms with van der Waals surface area (Å²) in [5.74, 6) is 6.86. The molecule has 0 atom stereocenters. The maximum atomic E-state index is 5.50. The Kier molecular flexibility index (Phi) is 7.76. The van der Waals surface area contributed by atoms with Crippen LogP contribution in [0, 0.1) is 5.92 Å². The summed E-state index contributed by atoms with van der Waals surface area (Å²) < 4.78 is 5.50. The van der Waals surface area contributed by atoms with Crippen LogP contribution in [0.1, 0.15) is 45.1 Å². The highest BCUT2D eigenvalue weighted by Gasteiger charge is 2.29. The number of nitrogens with zero attached hydrogens (tertiary/aromatic N) is 6. The van der Waals surface area contributed by atoms with Gasteiger partial charge in [0.05, 0.1) is 6.10 Å². The van der Waals surface area contributed by atoms with Crippen LogP contribution in [0.4, 0.5) is 23.4 Å². The second kappa shape index (κ2) is 11.2. The molecule has 0 saturated carbocycles. The molecule has 0 bridgehead atoms. The van der Waals surface area contributed by atoms with Crippen LogP contribution in [0.2, 0.25) is 0 Å². The van der Waals surface area contributed by atoms with Crippen molar-refractivity contribution in [1.29, 1.82) is 0 Å². The van der Waals surface area contributed by atoms with Crippen molar-refractivity contribution >= 4 is 45.9 Å². The average molecular weight is 508 g/mol. The van der Waals surface area contributed by atoms with Gasteiger partial charge in [-0.2, -0.15) is 16.7 Å².